The van der Waals surface area contributed by atoms with Gasteiger partial charge in [0.2, 0.25) is 0 Å². The predicted octanol–water partition coefficient (Wildman–Crippen LogP) is 4.48. The number of hydrogen-bond acceptors (Lipinski definition) is 2. The number of hydrogen-bond donors (Lipinski definition) is 0. The summed E-state index contributed by atoms with van der Waals surface area (Å²) >= 11 is 5.49. The van der Waals surface area contributed by atoms with Crippen molar-refractivity contribution in [2.24, 2.45) is 0 Å². The Hall–Kier alpha value is -0.800. The van der Waals surface area contributed by atoms with E-state index in [9.17, 15) is 0 Å². The summed E-state index contributed by atoms with van der Waals surface area (Å²) in [5.74, 6) is 0. The third-order valence-corrected chi connectivity index (χ3v) is 4.19. The lowest BCUT2D eigenvalue weighted by Gasteiger charge is -2.10. The van der Waals surface area contributed by atoms with Crippen LogP contribution in [0.2, 0.25) is 0 Å². The van der Waals surface area contributed by atoms with E-state index < -0.39 is 0 Å². The molecule has 88 valence electrons. The fourth-order valence-electron chi connectivity index (χ4n) is 1.63. The molecule has 0 amide bonds. The van der Waals surface area contributed by atoms with Crippen molar-refractivity contribution >= 4 is 27.7 Å². The SMILES string of the molecule is CSc1ccc(C(Br)Cc2ccccn2)cc1. The minimum Gasteiger partial charge on any atom is -0.261 e. The number of alkyl halides is 1. The van der Waals surface area contributed by atoms with Crippen LogP contribution in [0.25, 0.3) is 0 Å². The highest BCUT2D eigenvalue weighted by Gasteiger charge is 2.08. The lowest BCUT2D eigenvalue weighted by atomic mass is 10.1. The maximum Gasteiger partial charge on any atom is 0.0450 e. The van der Waals surface area contributed by atoms with E-state index in [2.05, 4.69) is 57.5 Å². The second-order valence-electron chi connectivity index (χ2n) is 3.77. The molecule has 2 aromatic rings. The second-order valence-corrected chi connectivity index (χ2v) is 5.75. The van der Waals surface area contributed by atoms with Gasteiger partial charge in [-0.3, -0.25) is 4.98 Å². The first-order chi connectivity index (χ1) is 8.29. The summed E-state index contributed by atoms with van der Waals surface area (Å²) in [4.78, 5) is 5.97. The van der Waals surface area contributed by atoms with E-state index in [0.29, 0.717) is 4.83 Å². The maximum absolute atomic E-state index is 4.34. The molecule has 0 aliphatic rings. The molecule has 0 aliphatic carbocycles. The summed E-state index contributed by atoms with van der Waals surface area (Å²) in [7, 11) is 0. The number of benzene rings is 1. The zero-order valence-electron chi connectivity index (χ0n) is 9.64. The van der Waals surface area contributed by atoms with Crippen molar-refractivity contribution in [1.29, 1.82) is 0 Å². The first kappa shape index (κ1) is 12.7. The average Bonchev–Trinajstić information content (AvgIpc) is 2.40. The Morgan fingerprint density at radius 3 is 2.53 bits per heavy atom. The maximum atomic E-state index is 4.34. The summed E-state index contributed by atoms with van der Waals surface area (Å²) in [6.45, 7) is 0. The van der Waals surface area contributed by atoms with Crippen molar-refractivity contribution in [2.75, 3.05) is 6.26 Å². The Morgan fingerprint density at radius 2 is 1.94 bits per heavy atom. The molecule has 0 fully saturated rings. The molecule has 1 aromatic heterocycles. The number of pyridine rings is 1. The number of halogens is 1. The summed E-state index contributed by atoms with van der Waals surface area (Å²) in [6.07, 6.45) is 4.85. The van der Waals surface area contributed by atoms with Gasteiger partial charge >= 0.3 is 0 Å². The third kappa shape index (κ3) is 3.58. The van der Waals surface area contributed by atoms with Crippen molar-refractivity contribution in [3.63, 3.8) is 0 Å². The van der Waals surface area contributed by atoms with Crippen molar-refractivity contribution in [1.82, 2.24) is 4.98 Å². The summed E-state index contributed by atoms with van der Waals surface area (Å²) in [6, 6.07) is 14.7. The van der Waals surface area contributed by atoms with Gasteiger partial charge in [0.05, 0.1) is 0 Å². The van der Waals surface area contributed by atoms with Gasteiger partial charge in [0.15, 0.2) is 0 Å². The van der Waals surface area contributed by atoms with Crippen LogP contribution in [-0.2, 0) is 6.42 Å². The van der Waals surface area contributed by atoms with Gasteiger partial charge in [-0.15, -0.1) is 11.8 Å². The number of thioether (sulfide) groups is 1. The average molecular weight is 308 g/mol. The number of aromatic nitrogens is 1. The van der Waals surface area contributed by atoms with E-state index in [1.807, 2.05) is 18.3 Å². The Morgan fingerprint density at radius 1 is 1.18 bits per heavy atom. The molecule has 1 aromatic carbocycles. The van der Waals surface area contributed by atoms with E-state index in [1.165, 1.54) is 10.5 Å². The second kappa shape index (κ2) is 6.22. The first-order valence-electron chi connectivity index (χ1n) is 5.47. The van der Waals surface area contributed by atoms with Crippen molar-refractivity contribution < 1.29 is 0 Å². The van der Waals surface area contributed by atoms with Crippen LogP contribution in [-0.4, -0.2) is 11.2 Å². The highest BCUT2D eigenvalue weighted by molar-refractivity contribution is 9.09. The van der Waals surface area contributed by atoms with E-state index in [0.717, 1.165) is 12.1 Å². The molecule has 1 nitrogen and oxygen atoms in total. The molecule has 3 heteroatoms. The minimum atomic E-state index is 0.327. The molecule has 0 saturated carbocycles. The molecule has 0 bridgehead atoms. The zero-order chi connectivity index (χ0) is 12.1. The molecule has 1 atom stereocenters. The molecule has 1 unspecified atom stereocenters. The molecular weight excluding hydrogens is 294 g/mol. The summed E-state index contributed by atoms with van der Waals surface area (Å²) in [5, 5.41) is 0. The van der Waals surface area contributed by atoms with E-state index in [-0.39, 0.29) is 0 Å². The van der Waals surface area contributed by atoms with E-state index >= 15 is 0 Å². The van der Waals surface area contributed by atoms with Crippen LogP contribution >= 0.6 is 27.7 Å². The van der Waals surface area contributed by atoms with Crippen molar-refractivity contribution in [2.45, 2.75) is 16.1 Å². The van der Waals surface area contributed by atoms with Gasteiger partial charge in [-0.1, -0.05) is 34.1 Å². The molecule has 1 heterocycles. The van der Waals surface area contributed by atoms with Gasteiger partial charge in [-0.25, -0.2) is 0 Å². The Labute approximate surface area is 115 Å². The van der Waals surface area contributed by atoms with Crippen LogP contribution in [0.5, 0.6) is 0 Å². The lowest BCUT2D eigenvalue weighted by Crippen LogP contribution is -1.97. The first-order valence-corrected chi connectivity index (χ1v) is 7.61. The smallest absolute Gasteiger partial charge is 0.0450 e. The van der Waals surface area contributed by atoms with Gasteiger partial charge in [-0.05, 0) is 36.1 Å². The fraction of sp³-hybridized carbons (Fsp3) is 0.214. The summed E-state index contributed by atoms with van der Waals surface area (Å²) in [5.41, 5.74) is 2.41. The monoisotopic (exact) mass is 307 g/mol. The molecule has 17 heavy (non-hydrogen) atoms. The van der Waals surface area contributed by atoms with Crippen molar-refractivity contribution in [3.8, 4) is 0 Å². The highest BCUT2D eigenvalue weighted by atomic mass is 79.9. The van der Waals surface area contributed by atoms with Gasteiger partial charge in [0.1, 0.15) is 0 Å². The molecule has 2 rings (SSSR count). The Bertz CT molecular complexity index is 455. The van der Waals surface area contributed by atoms with E-state index in [4.69, 9.17) is 0 Å². The quantitative estimate of drug-likeness (QED) is 0.610. The van der Waals surface area contributed by atoms with Crippen molar-refractivity contribution in [3.05, 3.63) is 59.9 Å². The summed E-state index contributed by atoms with van der Waals surface area (Å²) < 4.78 is 0. The molecule has 0 radical (unpaired) electrons. The highest BCUT2D eigenvalue weighted by Crippen LogP contribution is 2.27. The Balaban J connectivity index is 2.06. The van der Waals surface area contributed by atoms with Crippen LogP contribution in [0.1, 0.15) is 16.1 Å². The normalized spacial score (nSPS) is 12.4. The zero-order valence-corrected chi connectivity index (χ0v) is 12.0. The van der Waals surface area contributed by atoms with Crippen LogP contribution in [0.15, 0.2) is 53.6 Å². The molecule has 0 N–H and O–H groups in total. The van der Waals surface area contributed by atoms with Crippen LogP contribution in [0.4, 0.5) is 0 Å². The van der Waals surface area contributed by atoms with Crippen LogP contribution in [0, 0.1) is 0 Å². The largest absolute Gasteiger partial charge is 0.261 e. The minimum absolute atomic E-state index is 0.327. The van der Waals surface area contributed by atoms with E-state index in [1.54, 1.807) is 11.8 Å². The predicted molar refractivity (Wildman–Crippen MR) is 77.8 cm³/mol. The van der Waals surface area contributed by atoms with Gasteiger partial charge < -0.3 is 0 Å². The fourth-order valence-corrected chi connectivity index (χ4v) is 2.68. The molecule has 0 saturated heterocycles. The van der Waals surface area contributed by atoms with Crippen LogP contribution < -0.4 is 0 Å². The lowest BCUT2D eigenvalue weighted by molar-refractivity contribution is 0.903. The number of rotatable bonds is 4. The number of nitrogens with zero attached hydrogens (tertiary/aromatic N) is 1. The Kier molecular flexibility index (Phi) is 4.63. The topological polar surface area (TPSA) is 12.9 Å². The van der Waals surface area contributed by atoms with Gasteiger partial charge in [0.25, 0.3) is 0 Å². The molecular formula is C14H14BrNS. The van der Waals surface area contributed by atoms with Gasteiger partial charge in [-0.2, -0.15) is 0 Å². The third-order valence-electron chi connectivity index (χ3n) is 2.59. The van der Waals surface area contributed by atoms with Crippen LogP contribution in [0.3, 0.4) is 0 Å². The van der Waals surface area contributed by atoms with Gasteiger partial charge in [0, 0.05) is 28.0 Å². The molecule has 0 aliphatic heterocycles. The molecule has 0 spiro atoms. The standard InChI is InChI=1S/C14H14BrNS/c1-17-13-7-5-11(6-8-13)14(15)10-12-4-2-3-9-16-12/h2-9,14H,10H2,1H3.